The van der Waals surface area contributed by atoms with Crippen molar-refractivity contribution in [3.05, 3.63) is 71.7 Å². The van der Waals surface area contributed by atoms with Crippen LogP contribution in [0, 0.1) is 5.82 Å². The summed E-state index contributed by atoms with van der Waals surface area (Å²) in [5.41, 5.74) is 8.79. The number of pyridine rings is 1. The molecule has 2 aromatic carbocycles. The number of amides is 1. The number of nitrogens with two attached hydrogens (primary N) is 1. The van der Waals surface area contributed by atoms with Gasteiger partial charge in [0.05, 0.1) is 6.20 Å². The third-order valence-electron chi connectivity index (χ3n) is 6.10. The van der Waals surface area contributed by atoms with E-state index in [1.807, 2.05) is 43.3 Å². The van der Waals surface area contributed by atoms with Crippen molar-refractivity contribution in [3.8, 4) is 28.5 Å². The van der Waals surface area contributed by atoms with E-state index in [2.05, 4.69) is 10.3 Å². The zero-order valence-corrected chi connectivity index (χ0v) is 22.4. The predicted molar refractivity (Wildman–Crippen MR) is 147 cm³/mol. The van der Waals surface area contributed by atoms with Gasteiger partial charge < -0.3 is 25.8 Å². The van der Waals surface area contributed by atoms with Gasteiger partial charge in [0.1, 0.15) is 22.9 Å². The lowest BCUT2D eigenvalue weighted by atomic mass is 9.91. The van der Waals surface area contributed by atoms with Crippen molar-refractivity contribution in [1.82, 2.24) is 15.2 Å². The molecule has 1 aliphatic carbocycles. The van der Waals surface area contributed by atoms with E-state index in [0.29, 0.717) is 12.3 Å². The highest BCUT2D eigenvalue weighted by Gasteiger charge is 2.23. The number of aromatic nitrogens is 1. The second-order valence-corrected chi connectivity index (χ2v) is 9.30. The molecule has 1 aromatic heterocycles. The van der Waals surface area contributed by atoms with E-state index in [1.54, 1.807) is 18.2 Å². The van der Waals surface area contributed by atoms with Gasteiger partial charge >= 0.3 is 0 Å². The molecule has 1 amide bonds. The van der Waals surface area contributed by atoms with Crippen molar-refractivity contribution in [1.29, 1.82) is 0 Å². The van der Waals surface area contributed by atoms with Crippen LogP contribution >= 0.6 is 24.8 Å². The fraction of sp³-hybridized carbons (Fsp3) is 0.333. The highest BCUT2D eigenvalue weighted by Crippen LogP contribution is 2.32. The van der Waals surface area contributed by atoms with Gasteiger partial charge in [-0.1, -0.05) is 18.2 Å². The van der Waals surface area contributed by atoms with Gasteiger partial charge in [0.15, 0.2) is 0 Å². The minimum atomic E-state index is -0.612. The second-order valence-electron chi connectivity index (χ2n) is 9.30. The number of benzene rings is 2. The summed E-state index contributed by atoms with van der Waals surface area (Å²) in [6.07, 6.45) is 4.29. The lowest BCUT2D eigenvalue weighted by Crippen LogP contribution is -2.40. The van der Waals surface area contributed by atoms with Crippen molar-refractivity contribution >= 4 is 30.7 Å². The molecular weight excluding hydrogens is 518 g/mol. The number of nitrogens with one attached hydrogen (secondary N) is 1. The van der Waals surface area contributed by atoms with Crippen LogP contribution in [0.15, 0.2) is 54.7 Å². The standard InChI is InChI=1S/C27H31FN4O3.2ClH/c1-32(2)16-18-12-22(33)10-11-24(18)17-4-3-5-23(13-17)35-27-25(14-19(28)15-30-27)26(34)31-21-8-6-20(29)7-9-21;;/h3-5,10-15,20-21,33H,6-9,16,29H2,1-2H3,(H,31,34);2*1H. The molecule has 10 heteroatoms. The van der Waals surface area contributed by atoms with Gasteiger partial charge in [-0.3, -0.25) is 4.79 Å². The number of phenolic OH excluding ortho intramolecular Hbond substituents is 1. The van der Waals surface area contributed by atoms with Crippen molar-refractivity contribution in [3.63, 3.8) is 0 Å². The van der Waals surface area contributed by atoms with E-state index in [0.717, 1.165) is 54.6 Å². The molecule has 200 valence electrons. The minimum Gasteiger partial charge on any atom is -0.508 e. The van der Waals surface area contributed by atoms with E-state index in [1.165, 1.54) is 0 Å². The van der Waals surface area contributed by atoms with Crippen molar-refractivity contribution in [2.75, 3.05) is 14.1 Å². The van der Waals surface area contributed by atoms with E-state index in [-0.39, 0.29) is 54.1 Å². The van der Waals surface area contributed by atoms with Crippen LogP contribution in [-0.2, 0) is 6.54 Å². The lowest BCUT2D eigenvalue weighted by molar-refractivity contribution is 0.0922. The Labute approximate surface area is 229 Å². The first-order chi connectivity index (χ1) is 16.8. The molecule has 3 aromatic rings. The van der Waals surface area contributed by atoms with Crippen LogP contribution in [0.5, 0.6) is 17.4 Å². The van der Waals surface area contributed by atoms with Crippen LogP contribution < -0.4 is 15.8 Å². The van der Waals surface area contributed by atoms with Gasteiger partial charge in [-0.2, -0.15) is 0 Å². The largest absolute Gasteiger partial charge is 0.508 e. The zero-order valence-electron chi connectivity index (χ0n) is 20.8. The number of halogens is 3. The van der Waals surface area contributed by atoms with E-state index < -0.39 is 11.7 Å². The summed E-state index contributed by atoms with van der Waals surface area (Å²) >= 11 is 0. The smallest absolute Gasteiger partial charge is 0.257 e. The summed E-state index contributed by atoms with van der Waals surface area (Å²) in [7, 11) is 3.92. The Balaban J connectivity index is 0.00000241. The Hall–Kier alpha value is -2.91. The van der Waals surface area contributed by atoms with Crippen LogP contribution in [0.3, 0.4) is 0 Å². The molecule has 0 saturated heterocycles. The number of carbonyl (C=O) groups is 1. The van der Waals surface area contributed by atoms with Crippen LogP contribution in [0.25, 0.3) is 11.1 Å². The number of nitrogens with zero attached hydrogens (tertiary/aromatic N) is 2. The number of phenols is 1. The first-order valence-electron chi connectivity index (χ1n) is 11.8. The number of ether oxygens (including phenoxy) is 1. The summed E-state index contributed by atoms with van der Waals surface area (Å²) in [6, 6.07) is 13.9. The first kappa shape index (κ1) is 30.3. The van der Waals surface area contributed by atoms with E-state index in [4.69, 9.17) is 10.5 Å². The number of aromatic hydroxyl groups is 1. The number of hydrogen-bond acceptors (Lipinski definition) is 6. The summed E-state index contributed by atoms with van der Waals surface area (Å²) in [5, 5.41) is 12.9. The molecule has 7 nitrogen and oxygen atoms in total. The fourth-order valence-electron chi connectivity index (χ4n) is 4.37. The maximum Gasteiger partial charge on any atom is 0.257 e. The zero-order chi connectivity index (χ0) is 24.9. The van der Waals surface area contributed by atoms with Crippen molar-refractivity contribution in [2.45, 2.75) is 44.3 Å². The molecule has 4 rings (SSSR count). The van der Waals surface area contributed by atoms with E-state index >= 15 is 0 Å². The Bertz CT molecular complexity index is 1200. The Kier molecular flexibility index (Phi) is 11.1. The third kappa shape index (κ3) is 8.04. The second kappa shape index (κ2) is 13.6. The SMILES string of the molecule is CN(C)Cc1cc(O)ccc1-c1cccc(Oc2ncc(F)cc2C(=O)NC2CCC(N)CC2)c1.Cl.Cl. The summed E-state index contributed by atoms with van der Waals surface area (Å²) < 4.78 is 20.0. The van der Waals surface area contributed by atoms with Gasteiger partial charge in [-0.05, 0) is 86.8 Å². The molecule has 0 unspecified atom stereocenters. The van der Waals surface area contributed by atoms with Gasteiger partial charge in [0.2, 0.25) is 5.88 Å². The molecule has 1 aliphatic rings. The first-order valence-corrected chi connectivity index (χ1v) is 11.8. The molecule has 1 fully saturated rings. The number of rotatable bonds is 7. The van der Waals surface area contributed by atoms with Crippen LogP contribution in [0.4, 0.5) is 4.39 Å². The molecule has 4 N–H and O–H groups in total. The monoisotopic (exact) mass is 550 g/mol. The Morgan fingerprint density at radius 2 is 1.86 bits per heavy atom. The Morgan fingerprint density at radius 3 is 2.57 bits per heavy atom. The highest BCUT2D eigenvalue weighted by atomic mass is 35.5. The van der Waals surface area contributed by atoms with Crippen LogP contribution in [-0.4, -0.2) is 47.1 Å². The molecule has 0 spiro atoms. The molecule has 37 heavy (non-hydrogen) atoms. The Morgan fingerprint density at radius 1 is 1.14 bits per heavy atom. The summed E-state index contributed by atoms with van der Waals surface area (Å²) in [4.78, 5) is 19.0. The molecule has 0 bridgehead atoms. The van der Waals surface area contributed by atoms with Crippen molar-refractivity contribution in [2.24, 2.45) is 5.73 Å². The third-order valence-corrected chi connectivity index (χ3v) is 6.10. The maximum atomic E-state index is 14.0. The minimum absolute atomic E-state index is 0. The number of hydrogen-bond donors (Lipinski definition) is 3. The molecule has 0 aliphatic heterocycles. The molecule has 1 saturated carbocycles. The normalized spacial score (nSPS) is 16.9. The fourth-order valence-corrected chi connectivity index (χ4v) is 4.37. The van der Waals surface area contributed by atoms with Crippen molar-refractivity contribution < 1.29 is 19.0 Å². The summed E-state index contributed by atoms with van der Waals surface area (Å²) in [6.45, 7) is 0.644. The summed E-state index contributed by atoms with van der Waals surface area (Å²) in [5.74, 6) is -0.338. The maximum absolute atomic E-state index is 14.0. The molecule has 0 radical (unpaired) electrons. The average Bonchev–Trinajstić information content (AvgIpc) is 2.81. The molecule has 1 heterocycles. The number of carbonyl (C=O) groups excluding carboxylic acids is 1. The quantitative estimate of drug-likeness (QED) is 0.369. The van der Waals surface area contributed by atoms with Crippen LogP contribution in [0.1, 0.15) is 41.6 Å². The predicted octanol–water partition coefficient (Wildman–Crippen LogP) is 5.29. The highest BCUT2D eigenvalue weighted by molar-refractivity contribution is 5.96. The van der Waals surface area contributed by atoms with Gasteiger partial charge in [0, 0.05) is 18.6 Å². The van der Waals surface area contributed by atoms with Gasteiger partial charge in [-0.15, -0.1) is 24.8 Å². The van der Waals surface area contributed by atoms with Gasteiger partial charge in [-0.25, -0.2) is 9.37 Å². The lowest BCUT2D eigenvalue weighted by Gasteiger charge is -2.27. The van der Waals surface area contributed by atoms with Gasteiger partial charge in [0.25, 0.3) is 5.91 Å². The topological polar surface area (TPSA) is 101 Å². The molecular formula is C27H33Cl2FN4O3. The molecule has 0 atom stereocenters. The average molecular weight is 551 g/mol. The van der Waals surface area contributed by atoms with E-state index in [9.17, 15) is 14.3 Å². The van der Waals surface area contributed by atoms with Crippen LogP contribution in [0.2, 0.25) is 0 Å².